The first kappa shape index (κ1) is 13.7. The lowest BCUT2D eigenvalue weighted by Gasteiger charge is -2.11. The summed E-state index contributed by atoms with van der Waals surface area (Å²) < 4.78 is 0. The van der Waals surface area contributed by atoms with Gasteiger partial charge in [-0.2, -0.15) is 0 Å². The van der Waals surface area contributed by atoms with Gasteiger partial charge in [0.2, 0.25) is 0 Å². The zero-order valence-corrected chi connectivity index (χ0v) is 13.0. The van der Waals surface area contributed by atoms with E-state index in [0.717, 1.165) is 17.0 Å². The molecule has 0 aliphatic heterocycles. The van der Waals surface area contributed by atoms with E-state index in [1.165, 1.54) is 21.9 Å². The molecule has 1 nitrogen and oxygen atoms in total. The molecule has 0 amide bonds. The Bertz CT molecular complexity index is 971. The molecule has 0 bridgehead atoms. The minimum absolute atomic E-state index is 1.03. The van der Waals surface area contributed by atoms with Crippen molar-refractivity contribution in [3.05, 3.63) is 90.5 Å². The summed E-state index contributed by atoms with van der Waals surface area (Å²) in [6.07, 6.45) is 0. The molecule has 1 heteroatoms. The lowest BCUT2D eigenvalue weighted by molar-refractivity contribution is 1.33. The topological polar surface area (TPSA) is 12.9 Å². The van der Waals surface area contributed by atoms with Crippen LogP contribution in [0.25, 0.3) is 33.3 Å². The van der Waals surface area contributed by atoms with Crippen molar-refractivity contribution in [3.8, 4) is 22.5 Å². The van der Waals surface area contributed by atoms with E-state index in [9.17, 15) is 0 Å². The van der Waals surface area contributed by atoms with Gasteiger partial charge in [-0.25, -0.2) is 4.98 Å². The first-order chi connectivity index (χ1) is 11.3. The number of hydrogen-bond donors (Lipinski definition) is 0. The molecule has 1 heterocycles. The van der Waals surface area contributed by atoms with Crippen LogP contribution in [0.4, 0.5) is 0 Å². The highest BCUT2D eigenvalue weighted by Crippen LogP contribution is 2.31. The van der Waals surface area contributed by atoms with Crippen LogP contribution in [0.5, 0.6) is 0 Å². The van der Waals surface area contributed by atoms with Gasteiger partial charge in [0.05, 0.1) is 11.4 Å². The summed E-state index contributed by atoms with van der Waals surface area (Å²) in [5.74, 6) is 0. The Morgan fingerprint density at radius 2 is 1.39 bits per heavy atom. The number of nitrogens with zero attached hydrogens (tertiary/aromatic N) is 1. The number of hydrogen-bond acceptors (Lipinski definition) is 1. The molecule has 0 radical (unpaired) electrons. The predicted molar refractivity (Wildman–Crippen MR) is 97.4 cm³/mol. The van der Waals surface area contributed by atoms with Gasteiger partial charge in [0.1, 0.15) is 0 Å². The standard InChI is InChI=1S/C22H17N/c1-16-9-5-7-13-19(16)21-15-18-12-6-8-14-20(18)22(23-21)17-10-3-2-4-11-17/h2-15H,1H3. The first-order valence-electron chi connectivity index (χ1n) is 7.84. The third-order valence-corrected chi connectivity index (χ3v) is 4.21. The zero-order valence-electron chi connectivity index (χ0n) is 13.0. The fourth-order valence-corrected chi connectivity index (χ4v) is 3.01. The maximum absolute atomic E-state index is 5.00. The van der Waals surface area contributed by atoms with Crippen LogP contribution in [0.2, 0.25) is 0 Å². The number of aromatic nitrogens is 1. The summed E-state index contributed by atoms with van der Waals surface area (Å²) >= 11 is 0. The Balaban J connectivity index is 2.04. The SMILES string of the molecule is Cc1ccccc1-c1cc2ccccc2c(-c2ccccc2)n1. The van der Waals surface area contributed by atoms with Crippen LogP contribution in [0, 0.1) is 6.92 Å². The molecule has 0 spiro atoms. The number of aryl methyl sites for hydroxylation is 1. The number of pyridine rings is 1. The van der Waals surface area contributed by atoms with E-state index in [1.54, 1.807) is 0 Å². The highest BCUT2D eigenvalue weighted by molar-refractivity contribution is 5.97. The van der Waals surface area contributed by atoms with Crippen LogP contribution >= 0.6 is 0 Å². The Kier molecular flexibility index (Phi) is 3.39. The number of rotatable bonds is 2. The highest BCUT2D eigenvalue weighted by atomic mass is 14.7. The molecule has 1 aromatic heterocycles. The van der Waals surface area contributed by atoms with Gasteiger partial charge in [-0.05, 0) is 23.9 Å². The van der Waals surface area contributed by atoms with E-state index < -0.39 is 0 Å². The van der Waals surface area contributed by atoms with Crippen molar-refractivity contribution in [1.29, 1.82) is 0 Å². The van der Waals surface area contributed by atoms with Crippen molar-refractivity contribution in [2.45, 2.75) is 6.92 Å². The summed E-state index contributed by atoms with van der Waals surface area (Å²) in [6.45, 7) is 2.13. The molecule has 0 N–H and O–H groups in total. The fraction of sp³-hybridized carbons (Fsp3) is 0.0455. The lowest BCUT2D eigenvalue weighted by Crippen LogP contribution is -1.92. The fourth-order valence-electron chi connectivity index (χ4n) is 3.01. The Morgan fingerprint density at radius 3 is 2.22 bits per heavy atom. The van der Waals surface area contributed by atoms with Gasteiger partial charge in [0, 0.05) is 16.5 Å². The molecule has 4 aromatic rings. The van der Waals surface area contributed by atoms with Crippen molar-refractivity contribution < 1.29 is 0 Å². The van der Waals surface area contributed by atoms with E-state index in [0.29, 0.717) is 0 Å². The minimum atomic E-state index is 1.03. The average Bonchev–Trinajstić information content (AvgIpc) is 2.62. The van der Waals surface area contributed by atoms with Gasteiger partial charge in [0.25, 0.3) is 0 Å². The molecule has 4 rings (SSSR count). The summed E-state index contributed by atoms with van der Waals surface area (Å²) in [5, 5.41) is 2.41. The molecule has 0 unspecified atom stereocenters. The maximum Gasteiger partial charge on any atom is 0.0787 e. The second-order valence-electron chi connectivity index (χ2n) is 5.76. The van der Waals surface area contributed by atoms with Crippen molar-refractivity contribution in [3.63, 3.8) is 0 Å². The van der Waals surface area contributed by atoms with Crippen LogP contribution < -0.4 is 0 Å². The molecule has 0 aliphatic carbocycles. The average molecular weight is 295 g/mol. The smallest absolute Gasteiger partial charge is 0.0787 e. The Morgan fingerprint density at radius 1 is 0.696 bits per heavy atom. The largest absolute Gasteiger partial charge is 0.247 e. The normalized spacial score (nSPS) is 10.8. The van der Waals surface area contributed by atoms with Gasteiger partial charge in [-0.3, -0.25) is 0 Å². The summed E-state index contributed by atoms with van der Waals surface area (Å²) in [5.41, 5.74) is 5.66. The van der Waals surface area contributed by atoms with E-state index in [4.69, 9.17) is 4.98 Å². The maximum atomic E-state index is 5.00. The molecular weight excluding hydrogens is 278 g/mol. The van der Waals surface area contributed by atoms with E-state index in [1.807, 2.05) is 6.07 Å². The van der Waals surface area contributed by atoms with Crippen molar-refractivity contribution >= 4 is 10.8 Å². The second-order valence-corrected chi connectivity index (χ2v) is 5.76. The third kappa shape index (κ3) is 2.51. The molecule has 0 fully saturated rings. The third-order valence-electron chi connectivity index (χ3n) is 4.21. The van der Waals surface area contributed by atoms with Crippen LogP contribution in [0.15, 0.2) is 84.9 Å². The molecule has 23 heavy (non-hydrogen) atoms. The molecule has 0 aliphatic rings. The van der Waals surface area contributed by atoms with Gasteiger partial charge >= 0.3 is 0 Å². The molecule has 110 valence electrons. The molecule has 3 aromatic carbocycles. The summed E-state index contributed by atoms with van der Waals surface area (Å²) in [7, 11) is 0. The highest BCUT2D eigenvalue weighted by Gasteiger charge is 2.10. The minimum Gasteiger partial charge on any atom is -0.247 e. The Hall–Kier alpha value is -2.93. The van der Waals surface area contributed by atoms with Crippen LogP contribution in [0.1, 0.15) is 5.56 Å². The van der Waals surface area contributed by atoms with Gasteiger partial charge in [-0.15, -0.1) is 0 Å². The van der Waals surface area contributed by atoms with E-state index in [2.05, 4.69) is 85.8 Å². The van der Waals surface area contributed by atoms with Crippen LogP contribution in [-0.4, -0.2) is 4.98 Å². The van der Waals surface area contributed by atoms with Gasteiger partial charge < -0.3 is 0 Å². The monoisotopic (exact) mass is 295 g/mol. The summed E-state index contributed by atoms with van der Waals surface area (Å²) in [4.78, 5) is 5.00. The van der Waals surface area contributed by atoms with Crippen molar-refractivity contribution in [1.82, 2.24) is 4.98 Å². The first-order valence-corrected chi connectivity index (χ1v) is 7.84. The summed E-state index contributed by atoms with van der Waals surface area (Å²) in [6, 6.07) is 29.5. The molecular formula is C22H17N. The van der Waals surface area contributed by atoms with E-state index >= 15 is 0 Å². The zero-order chi connectivity index (χ0) is 15.6. The molecule has 0 saturated heterocycles. The Labute approximate surface area is 136 Å². The van der Waals surface area contributed by atoms with E-state index in [-0.39, 0.29) is 0 Å². The molecule has 0 saturated carbocycles. The van der Waals surface area contributed by atoms with Crippen LogP contribution in [0.3, 0.4) is 0 Å². The predicted octanol–water partition coefficient (Wildman–Crippen LogP) is 5.88. The van der Waals surface area contributed by atoms with Gasteiger partial charge in [0.15, 0.2) is 0 Å². The van der Waals surface area contributed by atoms with Crippen molar-refractivity contribution in [2.24, 2.45) is 0 Å². The second kappa shape index (κ2) is 5.69. The quantitative estimate of drug-likeness (QED) is 0.450. The van der Waals surface area contributed by atoms with Crippen LogP contribution in [-0.2, 0) is 0 Å². The van der Waals surface area contributed by atoms with Crippen molar-refractivity contribution in [2.75, 3.05) is 0 Å². The lowest BCUT2D eigenvalue weighted by atomic mass is 9.99. The number of benzene rings is 3. The van der Waals surface area contributed by atoms with Gasteiger partial charge in [-0.1, -0.05) is 78.9 Å². The number of fused-ring (bicyclic) bond motifs is 1. The molecule has 0 atom stereocenters.